The van der Waals surface area contributed by atoms with Crippen molar-refractivity contribution in [3.8, 4) is 0 Å². The molecule has 20 heavy (non-hydrogen) atoms. The molecular weight excluding hydrogens is 260 g/mol. The first kappa shape index (κ1) is 14.1. The van der Waals surface area contributed by atoms with Crippen LogP contribution in [0.4, 0.5) is 5.69 Å². The zero-order chi connectivity index (χ0) is 14.5. The number of nitrogens with one attached hydrogen (secondary N) is 1. The zero-order valence-corrected chi connectivity index (χ0v) is 11.2. The quantitative estimate of drug-likeness (QED) is 0.488. The summed E-state index contributed by atoms with van der Waals surface area (Å²) in [6, 6.07) is 4.13. The van der Waals surface area contributed by atoms with Gasteiger partial charge < -0.3 is 5.32 Å². The molecule has 1 N–H and O–H groups in total. The fourth-order valence-electron chi connectivity index (χ4n) is 1.97. The Kier molecular flexibility index (Phi) is 4.41. The lowest BCUT2D eigenvalue weighted by molar-refractivity contribution is -0.384. The van der Waals surface area contributed by atoms with Crippen LogP contribution in [0, 0.1) is 10.1 Å². The Bertz CT molecular complexity index is 681. The zero-order valence-electron chi connectivity index (χ0n) is 11.2. The number of non-ortho nitro benzene ring substituents is 1. The van der Waals surface area contributed by atoms with Crippen molar-refractivity contribution in [3.05, 3.63) is 45.0 Å². The molecule has 0 amide bonds. The first-order valence-corrected chi connectivity index (χ1v) is 6.47. The molecular formula is C13H16N4O3. The summed E-state index contributed by atoms with van der Waals surface area (Å²) in [5.41, 5.74) is 0.139. The largest absolute Gasteiger partial charge is 0.317 e. The Morgan fingerprint density at radius 1 is 1.45 bits per heavy atom. The van der Waals surface area contributed by atoms with Crippen molar-refractivity contribution in [2.75, 3.05) is 13.1 Å². The number of fused-ring (bicyclic) bond motifs is 1. The molecule has 0 fully saturated rings. The van der Waals surface area contributed by atoms with Gasteiger partial charge in [-0.2, -0.15) is 0 Å². The van der Waals surface area contributed by atoms with Crippen molar-refractivity contribution in [2.45, 2.75) is 19.9 Å². The van der Waals surface area contributed by atoms with Crippen molar-refractivity contribution in [1.29, 1.82) is 0 Å². The monoisotopic (exact) mass is 276 g/mol. The van der Waals surface area contributed by atoms with Gasteiger partial charge in [0.15, 0.2) is 0 Å². The van der Waals surface area contributed by atoms with Gasteiger partial charge in [-0.3, -0.25) is 19.5 Å². The lowest BCUT2D eigenvalue weighted by Crippen LogP contribution is -2.23. The third kappa shape index (κ3) is 3.00. The van der Waals surface area contributed by atoms with Crippen LogP contribution in [0.3, 0.4) is 0 Å². The highest BCUT2D eigenvalue weighted by atomic mass is 16.6. The predicted molar refractivity (Wildman–Crippen MR) is 75.8 cm³/mol. The SMILES string of the molecule is CCNCCCn1cnc2ccc([N+](=O)[O-])cc2c1=O. The maximum absolute atomic E-state index is 12.2. The molecule has 106 valence electrons. The summed E-state index contributed by atoms with van der Waals surface area (Å²) in [7, 11) is 0. The van der Waals surface area contributed by atoms with Crippen molar-refractivity contribution < 1.29 is 4.92 Å². The molecule has 0 aliphatic heterocycles. The molecule has 0 atom stereocenters. The lowest BCUT2D eigenvalue weighted by atomic mass is 10.2. The number of nitrogens with zero attached hydrogens (tertiary/aromatic N) is 3. The molecule has 0 radical (unpaired) electrons. The van der Waals surface area contributed by atoms with Gasteiger partial charge in [0.1, 0.15) is 0 Å². The molecule has 0 aliphatic rings. The summed E-state index contributed by atoms with van der Waals surface area (Å²) in [6.07, 6.45) is 2.29. The fourth-order valence-corrected chi connectivity index (χ4v) is 1.97. The lowest BCUT2D eigenvalue weighted by Gasteiger charge is -2.06. The molecule has 0 spiro atoms. The number of aryl methyl sites for hydroxylation is 1. The molecule has 7 nitrogen and oxygen atoms in total. The topological polar surface area (TPSA) is 90.1 Å². The minimum absolute atomic E-state index is 0.0956. The Morgan fingerprint density at radius 3 is 2.95 bits per heavy atom. The normalized spacial score (nSPS) is 10.8. The summed E-state index contributed by atoms with van der Waals surface area (Å²) in [4.78, 5) is 26.6. The Labute approximate surface area is 115 Å². The average molecular weight is 276 g/mol. The van der Waals surface area contributed by atoms with E-state index in [4.69, 9.17) is 0 Å². The van der Waals surface area contributed by atoms with E-state index in [2.05, 4.69) is 10.3 Å². The first-order chi connectivity index (χ1) is 9.63. The average Bonchev–Trinajstić information content (AvgIpc) is 2.45. The molecule has 1 aromatic heterocycles. The van der Waals surface area contributed by atoms with E-state index in [0.29, 0.717) is 12.1 Å². The molecule has 7 heteroatoms. The highest BCUT2D eigenvalue weighted by molar-refractivity contribution is 5.79. The predicted octanol–water partition coefficient (Wildman–Crippen LogP) is 1.30. The van der Waals surface area contributed by atoms with E-state index in [0.717, 1.165) is 19.5 Å². The smallest absolute Gasteiger partial charge is 0.270 e. The summed E-state index contributed by atoms with van der Waals surface area (Å²) < 4.78 is 1.49. The molecule has 0 unspecified atom stereocenters. The van der Waals surface area contributed by atoms with Crippen LogP contribution in [-0.2, 0) is 6.54 Å². The van der Waals surface area contributed by atoms with Crippen LogP contribution in [-0.4, -0.2) is 27.6 Å². The van der Waals surface area contributed by atoms with Gasteiger partial charge in [-0.1, -0.05) is 6.92 Å². The highest BCUT2D eigenvalue weighted by Crippen LogP contribution is 2.16. The summed E-state index contributed by atoms with van der Waals surface area (Å²) in [5.74, 6) is 0. The molecule has 0 saturated heterocycles. The van der Waals surface area contributed by atoms with Gasteiger partial charge in [0.25, 0.3) is 11.2 Å². The second kappa shape index (κ2) is 6.25. The number of aromatic nitrogens is 2. The van der Waals surface area contributed by atoms with Crippen molar-refractivity contribution in [3.63, 3.8) is 0 Å². The van der Waals surface area contributed by atoms with Crippen LogP contribution >= 0.6 is 0 Å². The molecule has 0 saturated carbocycles. The minimum Gasteiger partial charge on any atom is -0.317 e. The summed E-state index contributed by atoms with van der Waals surface area (Å²) in [6.45, 7) is 4.26. The van der Waals surface area contributed by atoms with E-state index < -0.39 is 4.92 Å². The van der Waals surface area contributed by atoms with E-state index in [9.17, 15) is 14.9 Å². The summed E-state index contributed by atoms with van der Waals surface area (Å²) >= 11 is 0. The molecule has 0 bridgehead atoms. The van der Waals surface area contributed by atoms with Gasteiger partial charge in [0.05, 0.1) is 22.2 Å². The summed E-state index contributed by atoms with van der Waals surface area (Å²) in [5, 5.41) is 14.2. The van der Waals surface area contributed by atoms with E-state index >= 15 is 0 Å². The Morgan fingerprint density at radius 2 is 2.25 bits per heavy atom. The number of hydrogen-bond donors (Lipinski definition) is 1. The van der Waals surface area contributed by atoms with Crippen LogP contribution in [0.2, 0.25) is 0 Å². The Balaban J connectivity index is 2.31. The standard InChI is InChI=1S/C13H16N4O3/c1-2-14-6-3-7-16-9-15-12-5-4-10(17(19)20)8-11(12)13(16)18/h4-5,8-9,14H,2-3,6-7H2,1H3. The van der Waals surface area contributed by atoms with E-state index in [1.807, 2.05) is 6.92 Å². The number of hydrogen-bond acceptors (Lipinski definition) is 5. The fraction of sp³-hybridized carbons (Fsp3) is 0.385. The van der Waals surface area contributed by atoms with Crippen LogP contribution < -0.4 is 10.9 Å². The van der Waals surface area contributed by atoms with Gasteiger partial charge >= 0.3 is 0 Å². The van der Waals surface area contributed by atoms with Gasteiger partial charge in [-0.25, -0.2) is 4.98 Å². The van der Waals surface area contributed by atoms with Gasteiger partial charge in [-0.15, -0.1) is 0 Å². The molecule has 2 rings (SSSR count). The highest BCUT2D eigenvalue weighted by Gasteiger charge is 2.10. The van der Waals surface area contributed by atoms with Gasteiger partial charge in [0, 0.05) is 18.7 Å². The second-order valence-electron chi connectivity index (χ2n) is 4.41. The second-order valence-corrected chi connectivity index (χ2v) is 4.41. The minimum atomic E-state index is -0.513. The first-order valence-electron chi connectivity index (χ1n) is 6.47. The van der Waals surface area contributed by atoms with E-state index in [1.54, 1.807) is 0 Å². The maximum Gasteiger partial charge on any atom is 0.270 e. The number of nitro groups is 1. The van der Waals surface area contributed by atoms with Crippen molar-refractivity contribution >= 4 is 16.6 Å². The Hall–Kier alpha value is -2.28. The van der Waals surface area contributed by atoms with Crippen LogP contribution in [0.25, 0.3) is 10.9 Å². The molecule has 2 aromatic rings. The van der Waals surface area contributed by atoms with E-state index in [-0.39, 0.29) is 16.6 Å². The van der Waals surface area contributed by atoms with Gasteiger partial charge in [0.2, 0.25) is 0 Å². The molecule has 1 aromatic carbocycles. The van der Waals surface area contributed by atoms with Crippen molar-refractivity contribution in [2.24, 2.45) is 0 Å². The number of nitro benzene ring substituents is 1. The third-order valence-electron chi connectivity index (χ3n) is 3.02. The van der Waals surface area contributed by atoms with Crippen LogP contribution in [0.15, 0.2) is 29.3 Å². The third-order valence-corrected chi connectivity index (χ3v) is 3.02. The van der Waals surface area contributed by atoms with Crippen molar-refractivity contribution in [1.82, 2.24) is 14.9 Å². The van der Waals surface area contributed by atoms with Crippen LogP contribution in [0.5, 0.6) is 0 Å². The van der Waals surface area contributed by atoms with E-state index in [1.165, 1.54) is 29.1 Å². The number of rotatable bonds is 6. The number of benzene rings is 1. The maximum atomic E-state index is 12.2. The molecule has 0 aliphatic carbocycles. The molecule has 1 heterocycles. The van der Waals surface area contributed by atoms with Gasteiger partial charge in [-0.05, 0) is 25.6 Å². The van der Waals surface area contributed by atoms with Crippen LogP contribution in [0.1, 0.15) is 13.3 Å².